The monoisotopic (exact) mass is 639 g/mol. The summed E-state index contributed by atoms with van der Waals surface area (Å²) in [6.07, 6.45) is 1.59. The zero-order valence-electron chi connectivity index (χ0n) is 18.1. The van der Waals surface area contributed by atoms with Crippen LogP contribution in [0.5, 0.6) is 11.5 Å². The summed E-state index contributed by atoms with van der Waals surface area (Å²) < 4.78 is 11.7. The second kappa shape index (κ2) is 11.0. The number of thioether (sulfide) groups is 1. The summed E-state index contributed by atoms with van der Waals surface area (Å²) in [5, 5.41) is 0.442. The Balaban J connectivity index is 1.53. The molecule has 1 saturated heterocycles. The Labute approximate surface area is 229 Å². The summed E-state index contributed by atoms with van der Waals surface area (Å²) in [4.78, 5) is 39.4. The molecule has 0 atom stereocenters. The molecule has 0 N–H and O–H groups in total. The van der Waals surface area contributed by atoms with Crippen LogP contribution in [0.15, 0.2) is 65.6 Å². The second-order valence-corrected chi connectivity index (χ2v) is 10.3. The van der Waals surface area contributed by atoms with Crippen molar-refractivity contribution in [2.75, 3.05) is 7.11 Å². The number of amides is 2. The van der Waals surface area contributed by atoms with Crippen LogP contribution in [-0.4, -0.2) is 29.1 Å². The molecule has 1 aliphatic rings. The number of hydrogen-bond acceptors (Lipinski definition) is 6. The number of esters is 1. The molecule has 0 radical (unpaired) electrons. The van der Waals surface area contributed by atoms with Gasteiger partial charge < -0.3 is 9.47 Å². The quantitative estimate of drug-likeness (QED) is 0.124. The lowest BCUT2D eigenvalue weighted by Gasteiger charge is -2.13. The molecule has 1 heterocycles. The first-order valence-corrected chi connectivity index (χ1v) is 12.8. The number of benzene rings is 3. The van der Waals surface area contributed by atoms with Gasteiger partial charge in [-0.1, -0.05) is 47.5 Å². The largest absolute Gasteiger partial charge is 0.493 e. The molecule has 0 aromatic heterocycles. The van der Waals surface area contributed by atoms with Gasteiger partial charge in [0, 0.05) is 13.6 Å². The van der Waals surface area contributed by atoms with Crippen molar-refractivity contribution in [1.82, 2.24) is 4.90 Å². The van der Waals surface area contributed by atoms with Gasteiger partial charge in [0.05, 0.1) is 24.1 Å². The standard InChI is InChI=1S/C25H16Cl2INO5S/c1-33-21-10-14(6-9-20(21)34-24(31)17-4-2-3-5-19(17)28)11-22-23(30)29(25(32)35-22)13-15-7-8-16(26)12-18(15)27/h2-12H,13H2,1H3/b22-11-. The van der Waals surface area contributed by atoms with Gasteiger partial charge in [0.15, 0.2) is 11.5 Å². The molecule has 1 fully saturated rings. The number of carbonyl (C=O) groups is 3. The minimum absolute atomic E-state index is 0.0362. The SMILES string of the molecule is COc1cc(/C=C2\SC(=O)N(Cc3ccc(Cl)cc3Cl)C2=O)ccc1OC(=O)c1ccccc1I. The summed E-state index contributed by atoms with van der Waals surface area (Å²) in [5.74, 6) is -0.396. The molecular formula is C25H16Cl2INO5S. The maximum Gasteiger partial charge on any atom is 0.344 e. The summed E-state index contributed by atoms with van der Waals surface area (Å²) in [6.45, 7) is 0.0362. The fourth-order valence-electron chi connectivity index (χ4n) is 3.25. The van der Waals surface area contributed by atoms with E-state index < -0.39 is 17.1 Å². The van der Waals surface area contributed by atoms with Crippen molar-refractivity contribution < 1.29 is 23.9 Å². The Kier molecular flexibility index (Phi) is 8.05. The molecular weight excluding hydrogens is 624 g/mol. The highest BCUT2D eigenvalue weighted by molar-refractivity contribution is 14.1. The molecule has 0 spiro atoms. The van der Waals surface area contributed by atoms with Crippen molar-refractivity contribution >= 4 is 80.7 Å². The van der Waals surface area contributed by atoms with E-state index in [0.717, 1.165) is 20.2 Å². The zero-order chi connectivity index (χ0) is 25.1. The predicted molar refractivity (Wildman–Crippen MR) is 145 cm³/mol. The van der Waals surface area contributed by atoms with Crippen LogP contribution >= 0.6 is 57.6 Å². The highest BCUT2D eigenvalue weighted by atomic mass is 127. The Morgan fingerprint density at radius 1 is 1.06 bits per heavy atom. The van der Waals surface area contributed by atoms with Crippen LogP contribution in [0.25, 0.3) is 6.08 Å². The number of imide groups is 1. The Morgan fingerprint density at radius 3 is 2.54 bits per heavy atom. The van der Waals surface area contributed by atoms with Crippen LogP contribution in [0.4, 0.5) is 4.79 Å². The van der Waals surface area contributed by atoms with E-state index in [-0.39, 0.29) is 17.2 Å². The van der Waals surface area contributed by atoms with Gasteiger partial charge >= 0.3 is 5.97 Å². The van der Waals surface area contributed by atoms with Crippen LogP contribution in [0, 0.1) is 3.57 Å². The van der Waals surface area contributed by atoms with Crippen molar-refractivity contribution in [1.29, 1.82) is 0 Å². The molecule has 0 unspecified atom stereocenters. The first-order chi connectivity index (χ1) is 16.8. The topological polar surface area (TPSA) is 72.9 Å². The normalized spacial score (nSPS) is 14.5. The Hall–Kier alpha value is -2.53. The lowest BCUT2D eigenvalue weighted by Crippen LogP contribution is -2.27. The van der Waals surface area contributed by atoms with Gasteiger partial charge in [-0.25, -0.2) is 4.79 Å². The number of hydrogen-bond donors (Lipinski definition) is 0. The van der Waals surface area contributed by atoms with Crippen molar-refractivity contribution in [3.63, 3.8) is 0 Å². The summed E-state index contributed by atoms with van der Waals surface area (Å²) in [7, 11) is 1.45. The van der Waals surface area contributed by atoms with Crippen LogP contribution in [-0.2, 0) is 11.3 Å². The summed E-state index contributed by atoms with van der Waals surface area (Å²) >= 11 is 15.0. The van der Waals surface area contributed by atoms with Gasteiger partial charge in [-0.2, -0.15) is 0 Å². The number of carbonyl (C=O) groups excluding carboxylic acids is 3. The van der Waals surface area contributed by atoms with Crippen LogP contribution in [0.2, 0.25) is 10.0 Å². The van der Waals surface area contributed by atoms with Gasteiger partial charge in [-0.3, -0.25) is 14.5 Å². The first kappa shape index (κ1) is 25.6. The van der Waals surface area contributed by atoms with E-state index in [0.29, 0.717) is 32.5 Å². The smallest absolute Gasteiger partial charge is 0.344 e. The van der Waals surface area contributed by atoms with Crippen LogP contribution in [0.3, 0.4) is 0 Å². The molecule has 0 bridgehead atoms. The van der Waals surface area contributed by atoms with Gasteiger partial charge in [-0.15, -0.1) is 0 Å². The maximum atomic E-state index is 12.9. The number of halogens is 3. The number of nitrogens with zero attached hydrogens (tertiary/aromatic N) is 1. The van der Waals surface area contributed by atoms with E-state index in [9.17, 15) is 14.4 Å². The third kappa shape index (κ3) is 5.83. The van der Waals surface area contributed by atoms with Crippen LogP contribution < -0.4 is 9.47 Å². The fourth-order valence-corrected chi connectivity index (χ4v) is 5.16. The number of methoxy groups -OCH3 is 1. The molecule has 4 rings (SSSR count). The Bertz CT molecular complexity index is 1380. The third-order valence-electron chi connectivity index (χ3n) is 5.00. The molecule has 10 heteroatoms. The van der Waals surface area contributed by atoms with Gasteiger partial charge in [0.1, 0.15) is 0 Å². The van der Waals surface area contributed by atoms with Crippen molar-refractivity contribution in [3.05, 3.63) is 95.9 Å². The maximum absolute atomic E-state index is 12.9. The molecule has 178 valence electrons. The minimum Gasteiger partial charge on any atom is -0.493 e. The lowest BCUT2D eigenvalue weighted by molar-refractivity contribution is -0.123. The van der Waals surface area contributed by atoms with Gasteiger partial charge in [0.25, 0.3) is 11.1 Å². The van der Waals surface area contributed by atoms with Crippen LogP contribution in [0.1, 0.15) is 21.5 Å². The first-order valence-electron chi connectivity index (χ1n) is 10.1. The average molecular weight is 640 g/mol. The second-order valence-electron chi connectivity index (χ2n) is 7.28. The third-order valence-corrected chi connectivity index (χ3v) is 7.43. The highest BCUT2D eigenvalue weighted by Gasteiger charge is 2.35. The molecule has 3 aromatic carbocycles. The molecule has 2 amide bonds. The molecule has 1 aliphatic heterocycles. The van der Waals surface area contributed by atoms with E-state index in [2.05, 4.69) is 22.6 Å². The summed E-state index contributed by atoms with van der Waals surface area (Å²) in [6, 6.07) is 16.9. The van der Waals surface area contributed by atoms with E-state index in [1.165, 1.54) is 7.11 Å². The van der Waals surface area contributed by atoms with E-state index >= 15 is 0 Å². The summed E-state index contributed by atoms with van der Waals surface area (Å²) in [5.41, 5.74) is 1.65. The fraction of sp³-hybridized carbons (Fsp3) is 0.0800. The number of rotatable bonds is 6. The van der Waals surface area contributed by atoms with E-state index in [4.69, 9.17) is 32.7 Å². The average Bonchev–Trinajstić information content (AvgIpc) is 3.09. The van der Waals surface area contributed by atoms with E-state index in [1.54, 1.807) is 54.6 Å². The highest BCUT2D eigenvalue weighted by Crippen LogP contribution is 2.36. The molecule has 0 aliphatic carbocycles. The van der Waals surface area contributed by atoms with E-state index in [1.807, 2.05) is 12.1 Å². The van der Waals surface area contributed by atoms with Crippen molar-refractivity contribution in [2.45, 2.75) is 6.54 Å². The van der Waals surface area contributed by atoms with Gasteiger partial charge in [0.2, 0.25) is 0 Å². The molecule has 6 nitrogen and oxygen atoms in total. The van der Waals surface area contributed by atoms with Gasteiger partial charge in [-0.05, 0) is 88.0 Å². The molecule has 35 heavy (non-hydrogen) atoms. The lowest BCUT2D eigenvalue weighted by atomic mass is 10.1. The molecule has 0 saturated carbocycles. The predicted octanol–water partition coefficient (Wildman–Crippen LogP) is 7.06. The zero-order valence-corrected chi connectivity index (χ0v) is 22.6. The van der Waals surface area contributed by atoms with Crippen molar-refractivity contribution in [2.24, 2.45) is 0 Å². The Morgan fingerprint density at radius 2 is 1.83 bits per heavy atom. The number of ether oxygens (including phenoxy) is 2. The molecule has 3 aromatic rings. The minimum atomic E-state index is -0.511. The van der Waals surface area contributed by atoms with Crippen molar-refractivity contribution in [3.8, 4) is 11.5 Å².